The summed E-state index contributed by atoms with van der Waals surface area (Å²) in [6, 6.07) is 6.18. The van der Waals surface area contributed by atoms with E-state index in [1.807, 2.05) is 0 Å². The van der Waals surface area contributed by atoms with Crippen molar-refractivity contribution in [2.24, 2.45) is 7.05 Å². The highest BCUT2D eigenvalue weighted by Crippen LogP contribution is 2.29. The van der Waals surface area contributed by atoms with Gasteiger partial charge >= 0.3 is 6.30 Å². The van der Waals surface area contributed by atoms with Gasteiger partial charge in [-0.15, -0.1) is 13.2 Å². The van der Waals surface area contributed by atoms with E-state index in [0.717, 1.165) is 29.4 Å². The summed E-state index contributed by atoms with van der Waals surface area (Å²) in [6.45, 7) is -0.337. The SMILES string of the molecule is Cn1cc(N(Cc2ccc(-c3cnn(C(F)(F)F)c3)cc2F)C(=O)c2cc3c(cc2F)nc(N)c2cncn23)cn1. The highest BCUT2D eigenvalue weighted by atomic mass is 19.4. The number of nitrogens with two attached hydrogens (primary N) is 1. The van der Waals surface area contributed by atoms with Crippen LogP contribution in [0.4, 0.5) is 33.5 Å². The van der Waals surface area contributed by atoms with E-state index in [1.165, 1.54) is 47.8 Å². The molecule has 6 rings (SSSR count). The third-order valence-electron chi connectivity index (χ3n) is 6.50. The molecule has 41 heavy (non-hydrogen) atoms. The Morgan fingerprint density at radius 2 is 1.78 bits per heavy atom. The van der Waals surface area contributed by atoms with Crippen molar-refractivity contribution < 1.29 is 26.7 Å². The molecule has 2 N–H and O–H groups in total. The lowest BCUT2D eigenvalue weighted by Crippen LogP contribution is -2.31. The van der Waals surface area contributed by atoms with Gasteiger partial charge in [0, 0.05) is 36.6 Å². The van der Waals surface area contributed by atoms with Crippen LogP contribution >= 0.6 is 0 Å². The van der Waals surface area contributed by atoms with Gasteiger partial charge in [-0.3, -0.25) is 13.9 Å². The van der Waals surface area contributed by atoms with Crippen LogP contribution < -0.4 is 10.6 Å². The minimum Gasteiger partial charge on any atom is -0.382 e. The highest BCUT2D eigenvalue weighted by Gasteiger charge is 2.32. The van der Waals surface area contributed by atoms with Crippen LogP contribution in [0, 0.1) is 11.6 Å². The number of carbonyl (C=O) groups is 1. The maximum atomic E-state index is 15.3. The minimum absolute atomic E-state index is 0.0294. The lowest BCUT2D eigenvalue weighted by atomic mass is 10.1. The molecule has 15 heteroatoms. The second kappa shape index (κ2) is 9.39. The molecule has 0 unspecified atom stereocenters. The van der Waals surface area contributed by atoms with Gasteiger partial charge in [0.25, 0.3) is 5.91 Å². The van der Waals surface area contributed by atoms with Crippen LogP contribution in [0.15, 0.2) is 67.6 Å². The third-order valence-corrected chi connectivity index (χ3v) is 6.50. The van der Waals surface area contributed by atoms with Crippen molar-refractivity contribution in [3.05, 3.63) is 90.4 Å². The number of halogens is 5. The summed E-state index contributed by atoms with van der Waals surface area (Å²) in [5, 5.41) is 7.34. The molecule has 0 atom stereocenters. The fraction of sp³-hybridized carbons (Fsp3) is 0.115. The van der Waals surface area contributed by atoms with Crippen molar-refractivity contribution in [1.82, 2.24) is 33.9 Å². The first-order valence-electron chi connectivity index (χ1n) is 11.9. The molecule has 208 valence electrons. The smallest absolute Gasteiger partial charge is 0.382 e. The largest absolute Gasteiger partial charge is 0.504 e. The van der Waals surface area contributed by atoms with E-state index in [-0.39, 0.29) is 50.5 Å². The predicted molar refractivity (Wildman–Crippen MR) is 138 cm³/mol. The molecule has 0 aliphatic heterocycles. The molecule has 0 aliphatic carbocycles. The zero-order valence-electron chi connectivity index (χ0n) is 21.0. The number of hydrogen-bond acceptors (Lipinski definition) is 6. The Morgan fingerprint density at radius 3 is 2.46 bits per heavy atom. The lowest BCUT2D eigenvalue weighted by molar-refractivity contribution is -0.212. The lowest BCUT2D eigenvalue weighted by Gasteiger charge is -2.22. The molecule has 0 bridgehead atoms. The van der Waals surface area contributed by atoms with Gasteiger partial charge in [0.2, 0.25) is 0 Å². The first-order chi connectivity index (χ1) is 19.5. The summed E-state index contributed by atoms with van der Waals surface area (Å²) < 4.78 is 72.2. The zero-order chi connectivity index (χ0) is 29.1. The van der Waals surface area contributed by atoms with Gasteiger partial charge in [0.05, 0.1) is 53.7 Å². The molecule has 0 spiro atoms. The fourth-order valence-corrected chi connectivity index (χ4v) is 4.47. The molecule has 6 aromatic rings. The molecular weight excluding hydrogens is 549 g/mol. The van der Waals surface area contributed by atoms with Gasteiger partial charge in [-0.05, 0) is 17.7 Å². The van der Waals surface area contributed by atoms with E-state index in [4.69, 9.17) is 5.73 Å². The van der Waals surface area contributed by atoms with Crippen molar-refractivity contribution >= 4 is 34.0 Å². The molecule has 0 radical (unpaired) electrons. The predicted octanol–water partition coefficient (Wildman–Crippen LogP) is 4.66. The quantitative estimate of drug-likeness (QED) is 0.303. The first kappa shape index (κ1) is 25.9. The van der Waals surface area contributed by atoms with Gasteiger partial charge in [0.1, 0.15) is 23.0 Å². The second-order valence-electron chi connectivity index (χ2n) is 9.18. The van der Waals surface area contributed by atoms with Crippen LogP contribution in [0.2, 0.25) is 0 Å². The number of hydrogen-bond donors (Lipinski definition) is 1. The zero-order valence-corrected chi connectivity index (χ0v) is 21.0. The summed E-state index contributed by atoms with van der Waals surface area (Å²) >= 11 is 0. The van der Waals surface area contributed by atoms with E-state index in [1.54, 1.807) is 11.4 Å². The number of nitrogen functional groups attached to an aromatic ring is 1. The number of imidazole rings is 1. The third kappa shape index (κ3) is 4.60. The molecule has 10 nitrogen and oxygen atoms in total. The molecule has 1 amide bonds. The summed E-state index contributed by atoms with van der Waals surface area (Å²) in [5.74, 6) is -2.32. The molecule has 4 heterocycles. The molecule has 4 aromatic heterocycles. The van der Waals surface area contributed by atoms with E-state index < -0.39 is 23.8 Å². The van der Waals surface area contributed by atoms with Crippen molar-refractivity contribution in [1.29, 1.82) is 0 Å². The summed E-state index contributed by atoms with van der Waals surface area (Å²) in [7, 11) is 1.62. The molecular formula is C26H18F5N9O. The van der Waals surface area contributed by atoms with Crippen molar-refractivity contribution in [2.75, 3.05) is 10.6 Å². The molecule has 0 aliphatic rings. The second-order valence-corrected chi connectivity index (χ2v) is 9.18. The summed E-state index contributed by atoms with van der Waals surface area (Å²) in [5.41, 5.74) is 7.15. The average molecular weight is 567 g/mol. The number of carbonyl (C=O) groups excluding carboxylic acids is 1. The fourth-order valence-electron chi connectivity index (χ4n) is 4.47. The first-order valence-corrected chi connectivity index (χ1v) is 11.9. The van der Waals surface area contributed by atoms with Crippen molar-refractivity contribution in [3.8, 4) is 11.1 Å². The molecule has 0 saturated heterocycles. The number of aryl methyl sites for hydroxylation is 1. The highest BCUT2D eigenvalue weighted by molar-refractivity contribution is 6.08. The summed E-state index contributed by atoms with van der Waals surface area (Å²) in [6.07, 6.45) is 2.80. The van der Waals surface area contributed by atoms with Crippen LogP contribution in [0.25, 0.3) is 27.7 Å². The maximum Gasteiger partial charge on any atom is 0.504 e. The van der Waals surface area contributed by atoms with Crippen LogP contribution in [0.3, 0.4) is 0 Å². The number of rotatable bonds is 5. The van der Waals surface area contributed by atoms with Crippen LogP contribution in [-0.4, -0.2) is 39.8 Å². The Morgan fingerprint density at radius 1 is 0.976 bits per heavy atom. The van der Waals surface area contributed by atoms with E-state index >= 15 is 8.78 Å². The minimum atomic E-state index is -4.72. The number of benzene rings is 2. The van der Waals surface area contributed by atoms with E-state index in [2.05, 4.69) is 20.2 Å². The average Bonchev–Trinajstić information content (AvgIpc) is 3.68. The van der Waals surface area contributed by atoms with Gasteiger partial charge in [0.15, 0.2) is 0 Å². The van der Waals surface area contributed by atoms with Crippen LogP contribution in [-0.2, 0) is 19.9 Å². The molecule has 0 fully saturated rings. The Kier molecular flexibility index (Phi) is 5.94. The topological polar surface area (TPSA) is 112 Å². The van der Waals surface area contributed by atoms with Crippen molar-refractivity contribution in [2.45, 2.75) is 12.8 Å². The normalized spacial score (nSPS) is 12.0. The Balaban J connectivity index is 1.38. The summed E-state index contributed by atoms with van der Waals surface area (Å²) in [4.78, 5) is 23.2. The number of anilines is 2. The Bertz CT molecular complexity index is 1960. The standard InChI is InChI=1S/C26H18F5N9O/c1-37-12-17(8-34-37)38(10-15-3-2-14(4-19(15)27)16-7-35-40(11-16)26(29,30)31)25(41)18-5-22-21(6-20(18)28)36-24(32)23-9-33-13-39(22)23/h2-9,11-13H,10H2,1H3,(H2,32,36). The molecule has 0 saturated carbocycles. The van der Waals surface area contributed by atoms with Gasteiger partial charge in [-0.1, -0.05) is 12.1 Å². The maximum absolute atomic E-state index is 15.3. The number of amides is 1. The van der Waals surface area contributed by atoms with Gasteiger partial charge in [-0.2, -0.15) is 14.9 Å². The van der Waals surface area contributed by atoms with E-state index in [9.17, 15) is 18.0 Å². The number of aromatic nitrogens is 7. The number of fused-ring (bicyclic) bond motifs is 3. The Labute approximate surface area is 227 Å². The molecule has 2 aromatic carbocycles. The van der Waals surface area contributed by atoms with Crippen LogP contribution in [0.1, 0.15) is 15.9 Å². The van der Waals surface area contributed by atoms with Gasteiger partial charge < -0.3 is 10.6 Å². The van der Waals surface area contributed by atoms with Crippen molar-refractivity contribution in [3.63, 3.8) is 0 Å². The van der Waals surface area contributed by atoms with Crippen LogP contribution in [0.5, 0.6) is 0 Å². The number of alkyl halides is 3. The monoisotopic (exact) mass is 567 g/mol. The Hall–Kier alpha value is -5.34. The number of nitrogens with zero attached hydrogens (tertiary/aromatic N) is 8. The van der Waals surface area contributed by atoms with E-state index in [0.29, 0.717) is 11.0 Å². The van der Waals surface area contributed by atoms with Gasteiger partial charge in [-0.25, -0.2) is 18.7 Å².